The zero-order valence-electron chi connectivity index (χ0n) is 10.7. The zero-order chi connectivity index (χ0) is 12.5. The lowest BCUT2D eigenvalue weighted by Crippen LogP contribution is -2.30. The standard InChI is InChI=1S/C13H19N3O2/c1-18-13(17)11-8-15-16(12(11)9-2-3-9)10-4-6-14-7-5-10/h8-10,14H,2-7H2,1H3. The minimum atomic E-state index is -0.253. The number of aromatic nitrogens is 2. The van der Waals surface area contributed by atoms with Crippen LogP contribution in [-0.2, 0) is 4.74 Å². The van der Waals surface area contributed by atoms with Gasteiger partial charge in [0.1, 0.15) is 5.56 Å². The van der Waals surface area contributed by atoms with Gasteiger partial charge in [0.05, 0.1) is 25.0 Å². The van der Waals surface area contributed by atoms with Crippen LogP contribution >= 0.6 is 0 Å². The molecule has 0 unspecified atom stereocenters. The number of ether oxygens (including phenoxy) is 1. The highest BCUT2D eigenvalue weighted by Crippen LogP contribution is 2.43. The molecule has 2 aliphatic rings. The zero-order valence-corrected chi connectivity index (χ0v) is 10.7. The van der Waals surface area contributed by atoms with Gasteiger partial charge in [-0.1, -0.05) is 0 Å². The molecule has 1 aliphatic heterocycles. The van der Waals surface area contributed by atoms with Gasteiger partial charge in [0, 0.05) is 5.92 Å². The summed E-state index contributed by atoms with van der Waals surface area (Å²) in [6.45, 7) is 2.06. The Balaban J connectivity index is 1.93. The minimum absolute atomic E-state index is 0.253. The van der Waals surface area contributed by atoms with Crippen LogP contribution in [-0.4, -0.2) is 35.9 Å². The summed E-state index contributed by atoms with van der Waals surface area (Å²) < 4.78 is 6.94. The number of rotatable bonds is 3. The van der Waals surface area contributed by atoms with Crippen molar-refractivity contribution in [3.8, 4) is 0 Å². The molecular weight excluding hydrogens is 230 g/mol. The van der Waals surface area contributed by atoms with E-state index in [1.165, 1.54) is 20.0 Å². The molecule has 1 saturated carbocycles. The molecule has 18 heavy (non-hydrogen) atoms. The van der Waals surface area contributed by atoms with Crippen LogP contribution in [0.1, 0.15) is 53.7 Å². The van der Waals surface area contributed by atoms with Gasteiger partial charge in [0.2, 0.25) is 0 Å². The Hall–Kier alpha value is -1.36. The number of hydrogen-bond acceptors (Lipinski definition) is 4. The SMILES string of the molecule is COC(=O)c1cnn(C2CCNCC2)c1C1CC1. The summed E-state index contributed by atoms with van der Waals surface area (Å²) in [5.74, 6) is 0.258. The summed E-state index contributed by atoms with van der Waals surface area (Å²) in [6.07, 6.45) is 6.19. The van der Waals surface area contributed by atoms with Crippen LogP contribution in [0, 0.1) is 0 Å². The number of carbonyl (C=O) groups excluding carboxylic acids is 1. The number of hydrogen-bond donors (Lipinski definition) is 1. The van der Waals surface area contributed by atoms with Crippen molar-refractivity contribution in [2.45, 2.75) is 37.6 Å². The molecular formula is C13H19N3O2. The molecule has 1 aromatic rings. The third kappa shape index (κ3) is 2.03. The molecule has 5 nitrogen and oxygen atoms in total. The number of carbonyl (C=O) groups is 1. The molecule has 1 aliphatic carbocycles. The molecule has 0 spiro atoms. The number of methoxy groups -OCH3 is 1. The van der Waals surface area contributed by atoms with E-state index in [1.54, 1.807) is 6.20 Å². The van der Waals surface area contributed by atoms with Gasteiger partial charge < -0.3 is 10.1 Å². The monoisotopic (exact) mass is 249 g/mol. The lowest BCUT2D eigenvalue weighted by Gasteiger charge is -2.25. The minimum Gasteiger partial charge on any atom is -0.465 e. The molecule has 2 fully saturated rings. The van der Waals surface area contributed by atoms with E-state index in [4.69, 9.17) is 4.74 Å². The van der Waals surface area contributed by atoms with E-state index in [1.807, 2.05) is 0 Å². The third-order valence-electron chi connectivity index (χ3n) is 3.86. The average Bonchev–Trinajstić information content (AvgIpc) is 3.17. The van der Waals surface area contributed by atoms with E-state index < -0.39 is 0 Å². The molecule has 0 amide bonds. The summed E-state index contributed by atoms with van der Waals surface area (Å²) in [7, 11) is 1.43. The summed E-state index contributed by atoms with van der Waals surface area (Å²) in [5, 5.41) is 7.81. The topological polar surface area (TPSA) is 56.1 Å². The fraction of sp³-hybridized carbons (Fsp3) is 0.692. The summed E-state index contributed by atoms with van der Waals surface area (Å²) >= 11 is 0. The summed E-state index contributed by atoms with van der Waals surface area (Å²) in [6, 6.07) is 0.431. The first kappa shape index (κ1) is 11.7. The summed E-state index contributed by atoms with van der Waals surface area (Å²) in [5.41, 5.74) is 1.77. The van der Waals surface area contributed by atoms with E-state index in [-0.39, 0.29) is 5.97 Å². The van der Waals surface area contributed by atoms with E-state index in [9.17, 15) is 4.79 Å². The van der Waals surface area contributed by atoms with Gasteiger partial charge in [-0.25, -0.2) is 4.79 Å². The normalized spacial score (nSPS) is 20.9. The second-order valence-electron chi connectivity index (χ2n) is 5.14. The number of nitrogens with zero attached hydrogens (tertiary/aromatic N) is 2. The van der Waals surface area contributed by atoms with Gasteiger partial charge in [-0.15, -0.1) is 0 Å². The summed E-state index contributed by atoms with van der Waals surface area (Å²) in [4.78, 5) is 11.8. The van der Waals surface area contributed by atoms with E-state index in [2.05, 4.69) is 15.1 Å². The van der Waals surface area contributed by atoms with Crippen LogP contribution < -0.4 is 5.32 Å². The lowest BCUT2D eigenvalue weighted by molar-refractivity contribution is 0.0599. The van der Waals surface area contributed by atoms with Crippen molar-refractivity contribution in [2.24, 2.45) is 0 Å². The Kier molecular flexibility index (Phi) is 3.07. The molecule has 1 N–H and O–H groups in total. The van der Waals surface area contributed by atoms with Crippen molar-refractivity contribution in [1.29, 1.82) is 0 Å². The molecule has 0 bridgehead atoms. The van der Waals surface area contributed by atoms with Gasteiger partial charge in [0.15, 0.2) is 0 Å². The van der Waals surface area contributed by atoms with Crippen LogP contribution in [0.2, 0.25) is 0 Å². The fourth-order valence-electron chi connectivity index (χ4n) is 2.74. The molecule has 5 heteroatoms. The Bertz CT molecular complexity index is 445. The highest BCUT2D eigenvalue weighted by Gasteiger charge is 2.34. The largest absolute Gasteiger partial charge is 0.465 e. The van der Waals surface area contributed by atoms with Crippen LogP contribution in [0.5, 0.6) is 0 Å². The fourth-order valence-corrected chi connectivity index (χ4v) is 2.74. The first-order valence-corrected chi connectivity index (χ1v) is 6.67. The average molecular weight is 249 g/mol. The third-order valence-corrected chi connectivity index (χ3v) is 3.86. The predicted molar refractivity (Wildman–Crippen MR) is 66.7 cm³/mol. The maximum atomic E-state index is 11.8. The van der Waals surface area contributed by atoms with Crippen molar-refractivity contribution >= 4 is 5.97 Å². The van der Waals surface area contributed by atoms with Crippen LogP contribution in [0.4, 0.5) is 0 Å². The molecule has 3 rings (SSSR count). The Morgan fingerprint density at radius 1 is 1.39 bits per heavy atom. The second kappa shape index (κ2) is 4.72. The maximum Gasteiger partial charge on any atom is 0.341 e. The molecule has 2 heterocycles. The Morgan fingerprint density at radius 3 is 2.72 bits per heavy atom. The lowest BCUT2D eigenvalue weighted by atomic mass is 10.1. The number of nitrogens with one attached hydrogen (secondary N) is 1. The van der Waals surface area contributed by atoms with Crippen LogP contribution in [0.15, 0.2) is 6.20 Å². The van der Waals surface area contributed by atoms with Crippen molar-refractivity contribution < 1.29 is 9.53 Å². The van der Waals surface area contributed by atoms with Crippen molar-refractivity contribution in [1.82, 2.24) is 15.1 Å². The van der Waals surface area contributed by atoms with Gasteiger partial charge in [-0.3, -0.25) is 4.68 Å². The quantitative estimate of drug-likeness (QED) is 0.824. The molecule has 98 valence electrons. The first-order chi connectivity index (χ1) is 8.81. The van der Waals surface area contributed by atoms with Crippen LogP contribution in [0.3, 0.4) is 0 Å². The highest BCUT2D eigenvalue weighted by atomic mass is 16.5. The first-order valence-electron chi connectivity index (χ1n) is 6.67. The Morgan fingerprint density at radius 2 is 2.11 bits per heavy atom. The van der Waals surface area contributed by atoms with Crippen LogP contribution in [0.25, 0.3) is 0 Å². The van der Waals surface area contributed by atoms with Gasteiger partial charge in [-0.2, -0.15) is 5.10 Å². The van der Waals surface area contributed by atoms with Crippen molar-refractivity contribution in [3.05, 3.63) is 17.5 Å². The van der Waals surface area contributed by atoms with E-state index in [0.29, 0.717) is 17.5 Å². The number of esters is 1. The van der Waals surface area contributed by atoms with Gasteiger partial charge in [0.25, 0.3) is 0 Å². The van der Waals surface area contributed by atoms with Crippen molar-refractivity contribution in [2.75, 3.05) is 20.2 Å². The molecule has 0 atom stereocenters. The molecule has 0 radical (unpaired) electrons. The maximum absolute atomic E-state index is 11.8. The highest BCUT2D eigenvalue weighted by molar-refractivity contribution is 5.90. The predicted octanol–water partition coefficient (Wildman–Crippen LogP) is 1.47. The molecule has 0 aromatic carbocycles. The van der Waals surface area contributed by atoms with Crippen molar-refractivity contribution in [3.63, 3.8) is 0 Å². The van der Waals surface area contributed by atoms with Gasteiger partial charge >= 0.3 is 5.97 Å². The van der Waals surface area contributed by atoms with E-state index in [0.717, 1.165) is 31.6 Å². The van der Waals surface area contributed by atoms with E-state index >= 15 is 0 Å². The Labute approximate surface area is 107 Å². The molecule has 1 aromatic heterocycles. The second-order valence-corrected chi connectivity index (χ2v) is 5.14. The van der Waals surface area contributed by atoms with Gasteiger partial charge in [-0.05, 0) is 38.8 Å². The molecule has 1 saturated heterocycles. The number of piperidine rings is 1. The smallest absolute Gasteiger partial charge is 0.341 e.